The van der Waals surface area contributed by atoms with Gasteiger partial charge in [0.05, 0.1) is 22.6 Å². The molecule has 4 rings (SSSR count). The van der Waals surface area contributed by atoms with E-state index in [1.54, 1.807) is 30.3 Å². The van der Waals surface area contributed by atoms with Crippen molar-refractivity contribution < 1.29 is 27.1 Å². The van der Waals surface area contributed by atoms with Crippen LogP contribution in [0.5, 0.6) is 11.5 Å². The van der Waals surface area contributed by atoms with Crippen molar-refractivity contribution in [3.05, 3.63) is 91.8 Å². The fourth-order valence-electron chi connectivity index (χ4n) is 3.26. The Bertz CT molecular complexity index is 1520. The van der Waals surface area contributed by atoms with Gasteiger partial charge in [0.1, 0.15) is 0 Å². The average Bonchev–Trinajstić information content (AvgIpc) is 3.12. The maximum Gasteiger partial charge on any atom is 0.346 e. The van der Waals surface area contributed by atoms with Crippen molar-refractivity contribution in [2.75, 3.05) is 12.0 Å². The Balaban J connectivity index is 1.62. The van der Waals surface area contributed by atoms with Crippen molar-refractivity contribution in [1.29, 1.82) is 0 Å². The first-order chi connectivity index (χ1) is 17.1. The van der Waals surface area contributed by atoms with Gasteiger partial charge in [0.15, 0.2) is 20.7 Å². The number of nitro groups is 1. The lowest BCUT2D eigenvalue weighted by molar-refractivity contribution is -0.387. The number of nitrogens with zero attached hydrogens (tertiary/aromatic N) is 2. The number of nitro benzene ring substituents is 1. The standard InChI is InChI=1S/C23H15BrN2O7S3/c1-32-19-12-14(13-20-22(27)25(23(34)35-20)16-9-7-15(24)8-10-16)6-11-18(19)33-36(30,31)21-5-3-2-4-17(21)26(28)29/h2-13H,1H3/b20-13-. The van der Waals surface area contributed by atoms with Crippen molar-refractivity contribution >= 4 is 77.7 Å². The van der Waals surface area contributed by atoms with E-state index in [1.165, 1.54) is 42.3 Å². The minimum absolute atomic E-state index is 0.0503. The summed E-state index contributed by atoms with van der Waals surface area (Å²) in [5.74, 6) is -0.421. The number of halogens is 1. The molecule has 0 bridgehead atoms. The Morgan fingerprint density at radius 1 is 1.08 bits per heavy atom. The van der Waals surface area contributed by atoms with Crippen LogP contribution in [-0.2, 0) is 14.9 Å². The molecule has 0 N–H and O–H groups in total. The van der Waals surface area contributed by atoms with Crippen LogP contribution in [0.2, 0.25) is 0 Å². The van der Waals surface area contributed by atoms with E-state index in [9.17, 15) is 23.3 Å². The fourth-order valence-corrected chi connectivity index (χ4v) is 5.93. The van der Waals surface area contributed by atoms with E-state index < -0.39 is 25.6 Å². The van der Waals surface area contributed by atoms with Gasteiger partial charge in [0.2, 0.25) is 0 Å². The van der Waals surface area contributed by atoms with Crippen LogP contribution in [0.25, 0.3) is 6.08 Å². The van der Waals surface area contributed by atoms with Gasteiger partial charge in [-0.3, -0.25) is 19.8 Å². The summed E-state index contributed by atoms with van der Waals surface area (Å²) in [7, 11) is -3.22. The number of hydrogen-bond acceptors (Lipinski definition) is 9. The molecule has 1 aliphatic rings. The van der Waals surface area contributed by atoms with Crippen LogP contribution >= 0.6 is 39.9 Å². The van der Waals surface area contributed by atoms with Gasteiger partial charge in [-0.2, -0.15) is 8.42 Å². The molecule has 1 amide bonds. The first-order valence-corrected chi connectivity index (χ1v) is 13.4. The number of rotatable bonds is 7. The molecular formula is C23H15BrN2O7S3. The van der Waals surface area contributed by atoms with Crippen molar-refractivity contribution in [3.63, 3.8) is 0 Å². The number of carbonyl (C=O) groups is 1. The average molecular weight is 607 g/mol. The summed E-state index contributed by atoms with van der Waals surface area (Å²) >= 11 is 9.87. The van der Waals surface area contributed by atoms with Gasteiger partial charge in [-0.25, -0.2) is 0 Å². The number of anilines is 1. The van der Waals surface area contributed by atoms with Crippen LogP contribution in [0.1, 0.15) is 5.56 Å². The molecule has 9 nitrogen and oxygen atoms in total. The second kappa shape index (κ2) is 10.4. The van der Waals surface area contributed by atoms with Gasteiger partial charge >= 0.3 is 10.1 Å². The molecule has 1 fully saturated rings. The van der Waals surface area contributed by atoms with Gasteiger partial charge in [-0.05, 0) is 54.1 Å². The Kier molecular flexibility index (Phi) is 7.45. The minimum Gasteiger partial charge on any atom is -0.493 e. The fraction of sp³-hybridized carbons (Fsp3) is 0.0435. The van der Waals surface area contributed by atoms with Gasteiger partial charge in [-0.1, -0.05) is 58.1 Å². The first-order valence-electron chi connectivity index (χ1n) is 10.00. The minimum atomic E-state index is -4.54. The Hall–Kier alpha value is -3.26. The third-order valence-electron chi connectivity index (χ3n) is 4.89. The van der Waals surface area contributed by atoms with Crippen molar-refractivity contribution in [2.24, 2.45) is 0 Å². The number of hydrogen-bond donors (Lipinski definition) is 0. The Morgan fingerprint density at radius 3 is 2.44 bits per heavy atom. The third-order valence-corrected chi connectivity index (χ3v) is 8.01. The first kappa shape index (κ1) is 25.8. The molecule has 36 heavy (non-hydrogen) atoms. The molecule has 0 atom stereocenters. The second-order valence-electron chi connectivity index (χ2n) is 7.17. The highest BCUT2D eigenvalue weighted by molar-refractivity contribution is 9.10. The molecular weight excluding hydrogens is 592 g/mol. The summed E-state index contributed by atoms with van der Waals surface area (Å²) < 4.78 is 37.2. The topological polar surface area (TPSA) is 116 Å². The van der Waals surface area contributed by atoms with E-state index in [-0.39, 0.29) is 17.4 Å². The molecule has 0 aliphatic carbocycles. The molecule has 3 aromatic carbocycles. The predicted octanol–water partition coefficient (Wildman–Crippen LogP) is 5.54. The molecule has 13 heteroatoms. The molecule has 184 valence electrons. The zero-order valence-electron chi connectivity index (χ0n) is 18.3. The molecule has 0 spiro atoms. The van der Waals surface area contributed by atoms with Crippen LogP contribution in [0.3, 0.4) is 0 Å². The lowest BCUT2D eigenvalue weighted by atomic mass is 10.2. The maximum absolute atomic E-state index is 13.0. The molecule has 0 saturated carbocycles. The molecule has 1 heterocycles. The van der Waals surface area contributed by atoms with Crippen molar-refractivity contribution in [1.82, 2.24) is 0 Å². The van der Waals surface area contributed by atoms with Crippen LogP contribution < -0.4 is 13.8 Å². The van der Waals surface area contributed by atoms with E-state index >= 15 is 0 Å². The number of benzene rings is 3. The molecule has 1 aliphatic heterocycles. The number of thiocarbonyl (C=S) groups is 1. The SMILES string of the molecule is COc1cc(/C=C2\SC(=S)N(c3ccc(Br)cc3)C2=O)ccc1OS(=O)(=O)c1ccccc1[N+](=O)[O-]. The molecule has 3 aromatic rings. The van der Waals surface area contributed by atoms with Crippen LogP contribution in [-0.4, -0.2) is 30.7 Å². The predicted molar refractivity (Wildman–Crippen MR) is 144 cm³/mol. The largest absolute Gasteiger partial charge is 0.493 e. The smallest absolute Gasteiger partial charge is 0.346 e. The van der Waals surface area contributed by atoms with Gasteiger partial charge in [0.25, 0.3) is 11.6 Å². The van der Waals surface area contributed by atoms with Crippen molar-refractivity contribution in [3.8, 4) is 11.5 Å². The highest BCUT2D eigenvalue weighted by Crippen LogP contribution is 2.38. The zero-order chi connectivity index (χ0) is 26.0. The van der Waals surface area contributed by atoms with Crippen LogP contribution in [0, 0.1) is 10.1 Å². The van der Waals surface area contributed by atoms with Crippen molar-refractivity contribution in [2.45, 2.75) is 4.90 Å². The van der Waals surface area contributed by atoms with Crippen LogP contribution in [0.15, 0.2) is 81.0 Å². The third kappa shape index (κ3) is 5.28. The Labute approximate surface area is 224 Å². The molecule has 0 unspecified atom stereocenters. The summed E-state index contributed by atoms with van der Waals surface area (Å²) in [6.07, 6.45) is 1.60. The van der Waals surface area contributed by atoms with E-state index in [0.29, 0.717) is 20.5 Å². The molecule has 0 aromatic heterocycles. The lowest BCUT2D eigenvalue weighted by Crippen LogP contribution is -2.27. The highest BCUT2D eigenvalue weighted by atomic mass is 79.9. The normalized spacial score (nSPS) is 14.8. The van der Waals surface area contributed by atoms with E-state index in [1.807, 2.05) is 0 Å². The zero-order valence-corrected chi connectivity index (χ0v) is 22.3. The summed E-state index contributed by atoms with van der Waals surface area (Å²) in [6.45, 7) is 0. The summed E-state index contributed by atoms with van der Waals surface area (Å²) in [5.41, 5.74) is 0.546. The van der Waals surface area contributed by atoms with E-state index in [0.717, 1.165) is 28.4 Å². The number of para-hydroxylation sites is 1. The van der Waals surface area contributed by atoms with Crippen LogP contribution in [0.4, 0.5) is 11.4 Å². The number of ether oxygens (including phenoxy) is 1. The number of methoxy groups -OCH3 is 1. The van der Waals surface area contributed by atoms with Gasteiger partial charge in [0, 0.05) is 10.5 Å². The second-order valence-corrected chi connectivity index (χ2v) is 11.3. The molecule has 1 saturated heterocycles. The maximum atomic E-state index is 13.0. The summed E-state index contributed by atoms with van der Waals surface area (Å²) in [5, 5.41) is 11.2. The summed E-state index contributed by atoms with van der Waals surface area (Å²) in [4.78, 5) is 24.6. The number of carbonyl (C=O) groups excluding carboxylic acids is 1. The number of amides is 1. The lowest BCUT2D eigenvalue weighted by Gasteiger charge is -2.14. The van der Waals surface area contributed by atoms with Gasteiger partial charge in [-0.15, -0.1) is 0 Å². The summed E-state index contributed by atoms with van der Waals surface area (Å²) in [6, 6.07) is 16.4. The highest BCUT2D eigenvalue weighted by Gasteiger charge is 2.33. The Morgan fingerprint density at radius 2 is 1.78 bits per heavy atom. The van der Waals surface area contributed by atoms with E-state index in [4.69, 9.17) is 21.1 Å². The number of thioether (sulfide) groups is 1. The molecule has 0 radical (unpaired) electrons. The quantitative estimate of drug-likeness (QED) is 0.112. The van der Waals surface area contributed by atoms with Gasteiger partial charge < -0.3 is 8.92 Å². The monoisotopic (exact) mass is 606 g/mol. The van der Waals surface area contributed by atoms with E-state index in [2.05, 4.69) is 15.9 Å².